The Morgan fingerprint density at radius 2 is 1.67 bits per heavy atom. The minimum Gasteiger partial charge on any atom is -0.384 e. The zero-order valence-electron chi connectivity index (χ0n) is 9.92. The number of hydrogen-bond donors (Lipinski definition) is 1. The number of nitrogens with zero attached hydrogens (tertiary/aromatic N) is 2. The summed E-state index contributed by atoms with van der Waals surface area (Å²) < 4.78 is 40.3. The third-order valence-electron chi connectivity index (χ3n) is 2.56. The van der Waals surface area contributed by atoms with Crippen LogP contribution in [-0.2, 0) is 0 Å². The van der Waals surface area contributed by atoms with E-state index in [1.165, 1.54) is 4.68 Å². The fraction of sp³-hybridized carbons (Fsp3) is 0.250. The topological polar surface area (TPSA) is 43.8 Å². The molecule has 0 spiro atoms. The zero-order chi connectivity index (χ0) is 13.4. The molecule has 0 atom stereocenters. The van der Waals surface area contributed by atoms with Crippen molar-refractivity contribution in [1.82, 2.24) is 9.78 Å². The summed E-state index contributed by atoms with van der Waals surface area (Å²) in [5, 5.41) is 4.13. The Bertz CT molecular complexity index is 567. The van der Waals surface area contributed by atoms with Crippen molar-refractivity contribution in [1.29, 1.82) is 0 Å². The van der Waals surface area contributed by atoms with E-state index in [1.807, 2.05) is 13.8 Å². The second kappa shape index (κ2) is 4.36. The summed E-state index contributed by atoms with van der Waals surface area (Å²) in [7, 11) is 0. The molecule has 1 aromatic carbocycles. The lowest BCUT2D eigenvalue weighted by molar-refractivity contribution is 0.446. The SMILES string of the molecule is CC(C)c1cc(N)n(-c2cc(F)c(F)c(F)c2)n1. The summed E-state index contributed by atoms with van der Waals surface area (Å²) in [4.78, 5) is 0. The van der Waals surface area contributed by atoms with E-state index >= 15 is 0 Å². The van der Waals surface area contributed by atoms with E-state index in [9.17, 15) is 13.2 Å². The fourth-order valence-corrected chi connectivity index (χ4v) is 1.57. The molecule has 2 N–H and O–H groups in total. The maximum Gasteiger partial charge on any atom is 0.194 e. The third kappa shape index (κ3) is 2.05. The molecule has 0 aliphatic rings. The molecule has 1 aromatic heterocycles. The Morgan fingerprint density at radius 1 is 1.11 bits per heavy atom. The van der Waals surface area contributed by atoms with Gasteiger partial charge in [-0.1, -0.05) is 13.8 Å². The fourth-order valence-electron chi connectivity index (χ4n) is 1.57. The lowest BCUT2D eigenvalue weighted by Crippen LogP contribution is -2.04. The van der Waals surface area contributed by atoms with Gasteiger partial charge in [0.05, 0.1) is 11.4 Å². The number of rotatable bonds is 2. The van der Waals surface area contributed by atoms with Crippen molar-refractivity contribution < 1.29 is 13.2 Å². The Hall–Kier alpha value is -1.98. The molecule has 0 saturated heterocycles. The minimum absolute atomic E-state index is 0.0517. The summed E-state index contributed by atoms with van der Waals surface area (Å²) in [6.07, 6.45) is 0. The number of benzene rings is 1. The van der Waals surface area contributed by atoms with Gasteiger partial charge < -0.3 is 5.73 Å². The van der Waals surface area contributed by atoms with Gasteiger partial charge in [0, 0.05) is 18.2 Å². The van der Waals surface area contributed by atoms with Crippen molar-refractivity contribution in [3.8, 4) is 5.69 Å². The quantitative estimate of drug-likeness (QED) is 0.838. The van der Waals surface area contributed by atoms with Gasteiger partial charge in [0.1, 0.15) is 5.82 Å². The van der Waals surface area contributed by atoms with Gasteiger partial charge in [-0.25, -0.2) is 17.9 Å². The Kier molecular flexibility index (Phi) is 3.02. The van der Waals surface area contributed by atoms with Crippen LogP contribution in [0.15, 0.2) is 18.2 Å². The summed E-state index contributed by atoms with van der Waals surface area (Å²) in [6.45, 7) is 3.83. The standard InChI is InChI=1S/C12H12F3N3/c1-6(2)10-5-11(16)18(17-10)7-3-8(13)12(15)9(14)4-7/h3-6H,16H2,1-2H3. The number of hydrogen-bond acceptors (Lipinski definition) is 2. The largest absolute Gasteiger partial charge is 0.384 e. The molecule has 96 valence electrons. The highest BCUT2D eigenvalue weighted by Crippen LogP contribution is 2.22. The van der Waals surface area contributed by atoms with E-state index in [0.29, 0.717) is 5.69 Å². The molecule has 3 nitrogen and oxygen atoms in total. The van der Waals surface area contributed by atoms with Crippen LogP contribution in [0.25, 0.3) is 5.69 Å². The van der Waals surface area contributed by atoms with Crippen molar-refractivity contribution in [2.24, 2.45) is 0 Å². The first kappa shape index (κ1) is 12.5. The number of halogens is 3. The number of aromatic nitrogens is 2. The van der Waals surface area contributed by atoms with Crippen LogP contribution in [0.2, 0.25) is 0 Å². The maximum absolute atomic E-state index is 13.1. The van der Waals surface area contributed by atoms with Crippen LogP contribution in [-0.4, -0.2) is 9.78 Å². The van der Waals surface area contributed by atoms with Gasteiger partial charge in [-0.3, -0.25) is 0 Å². The van der Waals surface area contributed by atoms with Crippen LogP contribution < -0.4 is 5.73 Å². The normalized spacial score (nSPS) is 11.2. The molecule has 18 heavy (non-hydrogen) atoms. The molecule has 2 aromatic rings. The van der Waals surface area contributed by atoms with Gasteiger partial charge >= 0.3 is 0 Å². The average Bonchev–Trinajstić information content (AvgIpc) is 2.68. The molecule has 0 aliphatic carbocycles. The third-order valence-corrected chi connectivity index (χ3v) is 2.56. The van der Waals surface area contributed by atoms with E-state index in [1.54, 1.807) is 6.07 Å². The molecule has 0 saturated carbocycles. The zero-order valence-corrected chi connectivity index (χ0v) is 9.92. The van der Waals surface area contributed by atoms with Crippen molar-refractivity contribution in [3.63, 3.8) is 0 Å². The minimum atomic E-state index is -1.51. The Balaban J connectivity index is 2.55. The summed E-state index contributed by atoms with van der Waals surface area (Å²) in [5.41, 5.74) is 6.46. The van der Waals surface area contributed by atoms with Gasteiger partial charge in [-0.15, -0.1) is 0 Å². The lowest BCUT2D eigenvalue weighted by atomic mass is 10.1. The molecule has 0 radical (unpaired) electrons. The van der Waals surface area contributed by atoms with Crippen LogP contribution in [0.4, 0.5) is 19.0 Å². The number of nitrogen functional groups attached to an aromatic ring is 1. The van der Waals surface area contributed by atoms with E-state index in [4.69, 9.17) is 5.73 Å². The molecule has 1 heterocycles. The van der Waals surface area contributed by atoms with Crippen molar-refractivity contribution >= 4 is 5.82 Å². The van der Waals surface area contributed by atoms with Crippen LogP contribution in [0.5, 0.6) is 0 Å². The Labute approximate surface area is 102 Å². The molecular weight excluding hydrogens is 243 g/mol. The van der Waals surface area contributed by atoms with Crippen LogP contribution >= 0.6 is 0 Å². The first-order valence-corrected chi connectivity index (χ1v) is 5.40. The maximum atomic E-state index is 13.1. The second-order valence-electron chi connectivity index (χ2n) is 4.28. The molecule has 0 bridgehead atoms. The average molecular weight is 255 g/mol. The molecule has 6 heteroatoms. The predicted octanol–water partition coefficient (Wildman–Crippen LogP) is 3.00. The van der Waals surface area contributed by atoms with Gasteiger partial charge in [-0.05, 0) is 5.92 Å². The highest BCUT2D eigenvalue weighted by Gasteiger charge is 2.15. The molecule has 0 amide bonds. The van der Waals surface area contributed by atoms with Crippen LogP contribution in [0.1, 0.15) is 25.5 Å². The van der Waals surface area contributed by atoms with Crippen molar-refractivity contribution in [3.05, 3.63) is 41.3 Å². The first-order chi connectivity index (χ1) is 8.40. The molecule has 0 aliphatic heterocycles. The summed E-state index contributed by atoms with van der Waals surface area (Å²) >= 11 is 0. The highest BCUT2D eigenvalue weighted by molar-refractivity contribution is 5.44. The van der Waals surface area contributed by atoms with Crippen LogP contribution in [0, 0.1) is 17.5 Å². The van der Waals surface area contributed by atoms with E-state index in [-0.39, 0.29) is 17.4 Å². The summed E-state index contributed by atoms with van der Waals surface area (Å²) in [5.74, 6) is -3.68. The monoisotopic (exact) mass is 255 g/mol. The second-order valence-corrected chi connectivity index (χ2v) is 4.28. The molecule has 0 unspecified atom stereocenters. The highest BCUT2D eigenvalue weighted by atomic mass is 19.2. The van der Waals surface area contributed by atoms with Gasteiger partial charge in [0.2, 0.25) is 0 Å². The predicted molar refractivity (Wildman–Crippen MR) is 61.9 cm³/mol. The van der Waals surface area contributed by atoms with Crippen molar-refractivity contribution in [2.75, 3.05) is 5.73 Å². The smallest absolute Gasteiger partial charge is 0.194 e. The van der Waals surface area contributed by atoms with Crippen LogP contribution in [0.3, 0.4) is 0 Å². The van der Waals surface area contributed by atoms with E-state index in [2.05, 4.69) is 5.10 Å². The van der Waals surface area contributed by atoms with E-state index < -0.39 is 17.5 Å². The van der Waals surface area contributed by atoms with Gasteiger partial charge in [-0.2, -0.15) is 5.10 Å². The Morgan fingerprint density at radius 3 is 2.11 bits per heavy atom. The number of anilines is 1. The van der Waals surface area contributed by atoms with Gasteiger partial charge in [0.25, 0.3) is 0 Å². The van der Waals surface area contributed by atoms with Gasteiger partial charge in [0.15, 0.2) is 17.5 Å². The van der Waals surface area contributed by atoms with E-state index in [0.717, 1.165) is 12.1 Å². The number of nitrogens with two attached hydrogens (primary N) is 1. The molecular formula is C12H12F3N3. The lowest BCUT2D eigenvalue weighted by Gasteiger charge is -2.05. The first-order valence-electron chi connectivity index (χ1n) is 5.40. The van der Waals surface area contributed by atoms with Crippen molar-refractivity contribution in [2.45, 2.75) is 19.8 Å². The molecule has 2 rings (SSSR count). The molecule has 0 fully saturated rings. The summed E-state index contributed by atoms with van der Waals surface area (Å²) in [6, 6.07) is 3.32.